The van der Waals surface area contributed by atoms with Gasteiger partial charge in [0, 0.05) is 37.2 Å². The highest BCUT2D eigenvalue weighted by molar-refractivity contribution is 6.50. The molecule has 0 N–H and O–H groups in total. The van der Waals surface area contributed by atoms with Gasteiger partial charge in [0.15, 0.2) is 11.6 Å². The smallest absolute Gasteiger partial charge is 0.493 e. The van der Waals surface area contributed by atoms with Crippen LogP contribution in [0.2, 0.25) is 0 Å². The first-order valence-electron chi connectivity index (χ1n) is 16.1. The molecule has 0 amide bonds. The molecule has 270 valence electrons. The van der Waals surface area contributed by atoms with Crippen molar-refractivity contribution in [2.45, 2.75) is 58.8 Å². The van der Waals surface area contributed by atoms with Gasteiger partial charge >= 0.3 is 7.25 Å². The van der Waals surface area contributed by atoms with Crippen LogP contribution in [-0.2, 0) is 28.8 Å². The van der Waals surface area contributed by atoms with Gasteiger partial charge in [-0.15, -0.1) is 0 Å². The summed E-state index contributed by atoms with van der Waals surface area (Å²) in [6.07, 6.45) is 8.37. The molecule has 7 nitrogen and oxygen atoms in total. The monoisotopic (exact) mass is 707 g/mol. The number of allylic oxidation sites excluding steroid dienone is 3. The Morgan fingerprint density at radius 2 is 1.40 bits per heavy atom. The van der Waals surface area contributed by atoms with Gasteiger partial charge in [0.2, 0.25) is 11.5 Å². The molecule has 0 radical (unpaired) electrons. The standard InChI is InChI=1S/C36H40F2NO6.BF4/c1-7-43-30(25-13-17-27(38)18-14-25)10-8-9-29(24-11-15-26(37)16-12-24)39-21-19-35(20-22-39)23-28-31(40)33(2,3)32(41)34(4,5)36(28,42-6)45-44-35;2-1(3,4)5/h8-18,23H,7,19-22H2,1-6H3;/q+1;-1/b9-8+,30-10+,39-29?;. The summed E-state index contributed by atoms with van der Waals surface area (Å²) in [5, 5.41) is 0. The number of hydrogen-bond acceptors (Lipinski definition) is 6. The number of methoxy groups -OCH3 is 1. The Hall–Kier alpha value is -4.01. The van der Waals surface area contributed by atoms with Crippen LogP contribution in [0.4, 0.5) is 26.0 Å². The second-order valence-corrected chi connectivity index (χ2v) is 13.2. The molecule has 0 aromatic heterocycles. The molecule has 3 aliphatic rings. The normalized spacial score (nSPS) is 24.8. The van der Waals surface area contributed by atoms with E-state index in [0.717, 1.165) is 16.8 Å². The van der Waals surface area contributed by atoms with Crippen molar-refractivity contribution < 1.29 is 59.5 Å². The molecular formula is C36H40BF6NO6. The SMILES string of the molecule is CCO/C(=C/C=C/C(c1ccc(F)cc1)=[N+]1CCC2(C=C3C(=O)C(C)(C)C(=O)C(C)(C)C3(OC)OO2)CC1)c1ccc(F)cc1.F[B-](F)(F)F. The van der Waals surface area contributed by atoms with Crippen molar-refractivity contribution in [2.75, 3.05) is 26.8 Å². The number of piperidine rings is 1. The van der Waals surface area contributed by atoms with E-state index in [4.69, 9.17) is 19.2 Å². The van der Waals surface area contributed by atoms with Crippen LogP contribution in [0, 0.1) is 22.5 Å². The first kappa shape index (κ1) is 38.8. The lowest BCUT2D eigenvalue weighted by atomic mass is 9.57. The van der Waals surface area contributed by atoms with E-state index in [9.17, 15) is 35.6 Å². The van der Waals surface area contributed by atoms with Gasteiger partial charge in [0.25, 0.3) is 0 Å². The van der Waals surface area contributed by atoms with Gasteiger partial charge in [0.05, 0.1) is 23.0 Å². The average Bonchev–Trinajstić information content (AvgIpc) is 3.06. The first-order chi connectivity index (χ1) is 23.3. The molecule has 1 saturated heterocycles. The molecular weight excluding hydrogens is 667 g/mol. The van der Waals surface area contributed by atoms with Crippen molar-refractivity contribution in [1.29, 1.82) is 0 Å². The third-order valence-corrected chi connectivity index (χ3v) is 9.17. The number of ketones is 2. The molecule has 0 bridgehead atoms. The molecule has 1 unspecified atom stereocenters. The average molecular weight is 708 g/mol. The minimum Gasteiger partial charge on any atom is -0.493 e. The van der Waals surface area contributed by atoms with Gasteiger partial charge in [0.1, 0.15) is 36.1 Å². The van der Waals surface area contributed by atoms with Crippen molar-refractivity contribution in [1.82, 2.24) is 0 Å². The van der Waals surface area contributed by atoms with E-state index in [-0.39, 0.29) is 23.2 Å². The number of rotatable bonds is 7. The van der Waals surface area contributed by atoms with Crippen LogP contribution in [0.3, 0.4) is 0 Å². The molecule has 1 atom stereocenters. The minimum absolute atomic E-state index is 0.278. The van der Waals surface area contributed by atoms with Crippen molar-refractivity contribution >= 4 is 30.3 Å². The molecule has 1 aliphatic carbocycles. The van der Waals surface area contributed by atoms with Gasteiger partial charge < -0.3 is 26.7 Å². The van der Waals surface area contributed by atoms with Crippen LogP contribution in [0.25, 0.3) is 5.76 Å². The highest BCUT2D eigenvalue weighted by Gasteiger charge is 2.69. The van der Waals surface area contributed by atoms with Crippen molar-refractivity contribution in [2.24, 2.45) is 10.8 Å². The fourth-order valence-corrected chi connectivity index (χ4v) is 6.58. The Balaban J connectivity index is 0.00000105. The highest BCUT2D eigenvalue weighted by atomic mass is 19.5. The molecule has 2 aromatic carbocycles. The highest BCUT2D eigenvalue weighted by Crippen LogP contribution is 2.55. The maximum absolute atomic E-state index is 13.9. The van der Waals surface area contributed by atoms with Crippen LogP contribution < -0.4 is 0 Å². The predicted octanol–water partition coefficient (Wildman–Crippen LogP) is 7.67. The lowest BCUT2D eigenvalue weighted by Crippen LogP contribution is -2.67. The van der Waals surface area contributed by atoms with E-state index >= 15 is 0 Å². The number of Topliss-reactive ketones (excluding diaryl/α,β-unsaturated/α-hetero) is 2. The summed E-state index contributed by atoms with van der Waals surface area (Å²) >= 11 is 0. The molecule has 2 heterocycles. The Bertz CT molecular complexity index is 1700. The Kier molecular flexibility index (Phi) is 11.4. The topological polar surface area (TPSA) is 74.1 Å². The molecule has 2 aromatic rings. The summed E-state index contributed by atoms with van der Waals surface area (Å²) in [4.78, 5) is 39.1. The summed E-state index contributed by atoms with van der Waals surface area (Å²) in [6.45, 7) is 10.1. The molecule has 5 rings (SSSR count). The summed E-state index contributed by atoms with van der Waals surface area (Å²) < 4.78 is 80.1. The van der Waals surface area contributed by atoms with E-state index in [1.807, 2.05) is 31.2 Å². The molecule has 1 saturated carbocycles. The van der Waals surface area contributed by atoms with E-state index in [2.05, 4.69) is 4.58 Å². The van der Waals surface area contributed by atoms with Crippen molar-refractivity contribution in [3.05, 3.63) is 101 Å². The number of hydrogen-bond donors (Lipinski definition) is 0. The van der Waals surface area contributed by atoms with Gasteiger partial charge in [-0.3, -0.25) is 9.59 Å². The summed E-state index contributed by atoms with van der Waals surface area (Å²) in [6, 6.07) is 12.4. The van der Waals surface area contributed by atoms with Crippen molar-refractivity contribution in [3.63, 3.8) is 0 Å². The number of carbonyl (C=O) groups excluding carboxylic acids is 2. The number of benzene rings is 2. The molecule has 14 heteroatoms. The molecule has 1 spiro atoms. The summed E-state index contributed by atoms with van der Waals surface area (Å²) in [7, 11) is -4.59. The zero-order valence-electron chi connectivity index (χ0n) is 28.7. The van der Waals surface area contributed by atoms with Crippen LogP contribution >= 0.6 is 0 Å². The third kappa shape index (κ3) is 7.97. The van der Waals surface area contributed by atoms with Crippen LogP contribution in [-0.4, -0.2) is 67.3 Å². The Labute approximate surface area is 287 Å². The third-order valence-electron chi connectivity index (χ3n) is 9.17. The van der Waals surface area contributed by atoms with E-state index < -0.39 is 29.5 Å². The fourth-order valence-electron chi connectivity index (χ4n) is 6.58. The van der Waals surface area contributed by atoms with Crippen LogP contribution in [0.15, 0.2) is 78.4 Å². The van der Waals surface area contributed by atoms with E-state index in [1.54, 1.807) is 52.0 Å². The van der Waals surface area contributed by atoms with Crippen LogP contribution in [0.5, 0.6) is 0 Å². The largest absolute Gasteiger partial charge is 0.673 e. The Morgan fingerprint density at radius 3 is 1.90 bits per heavy atom. The number of carbonyl (C=O) groups is 2. The zero-order valence-corrected chi connectivity index (χ0v) is 28.7. The van der Waals surface area contributed by atoms with Gasteiger partial charge in [-0.2, -0.15) is 4.89 Å². The molecule has 2 fully saturated rings. The lowest BCUT2D eigenvalue weighted by molar-refractivity contribution is -0.561. The van der Waals surface area contributed by atoms with Gasteiger partial charge in [-0.1, -0.05) is 6.08 Å². The maximum atomic E-state index is 13.9. The van der Waals surface area contributed by atoms with Crippen LogP contribution in [0.1, 0.15) is 58.6 Å². The first-order valence-corrected chi connectivity index (χ1v) is 16.1. The molecule has 2 aliphatic heterocycles. The van der Waals surface area contributed by atoms with Crippen molar-refractivity contribution in [3.8, 4) is 0 Å². The van der Waals surface area contributed by atoms with Gasteiger partial charge in [-0.25, -0.2) is 18.2 Å². The second kappa shape index (κ2) is 14.7. The number of ether oxygens (including phenoxy) is 2. The lowest BCUT2D eigenvalue weighted by Gasteiger charge is -2.54. The van der Waals surface area contributed by atoms with Gasteiger partial charge in [-0.05, 0) is 95.3 Å². The number of halogens is 6. The maximum Gasteiger partial charge on any atom is 0.673 e. The number of fused-ring (bicyclic) bond motifs is 1. The summed E-state index contributed by atoms with van der Waals surface area (Å²) in [5.74, 6) is -2.34. The minimum atomic E-state index is -6.00. The number of nitrogens with zero attached hydrogens (tertiary/aromatic N) is 1. The molecule has 50 heavy (non-hydrogen) atoms. The summed E-state index contributed by atoms with van der Waals surface area (Å²) in [5.41, 5.74) is -0.605. The Morgan fingerprint density at radius 1 is 0.880 bits per heavy atom. The second-order valence-electron chi connectivity index (χ2n) is 13.2. The van der Waals surface area contributed by atoms with E-state index in [0.29, 0.717) is 43.9 Å². The van der Waals surface area contributed by atoms with E-state index in [1.165, 1.54) is 31.4 Å². The zero-order chi connectivity index (χ0) is 37.1. The predicted molar refractivity (Wildman–Crippen MR) is 175 cm³/mol. The quantitative estimate of drug-likeness (QED) is 0.0560. The fraction of sp³-hybridized carbons (Fsp3) is 0.417.